The summed E-state index contributed by atoms with van der Waals surface area (Å²) in [5.74, 6) is -0.687. The van der Waals surface area contributed by atoms with Gasteiger partial charge in [-0.25, -0.2) is 18.2 Å². The molecular weight excluding hydrogens is 565 g/mol. The van der Waals surface area contributed by atoms with Gasteiger partial charge in [-0.2, -0.15) is 14.6 Å². The van der Waals surface area contributed by atoms with Crippen LogP contribution in [-0.4, -0.2) is 55.9 Å². The second kappa shape index (κ2) is 10.7. The number of aryl methyl sites for hydroxylation is 1. The molecular formula is C29H29ClFN7O2S. The van der Waals surface area contributed by atoms with E-state index in [0.717, 1.165) is 16.8 Å². The first kappa shape index (κ1) is 27.6. The molecule has 0 aromatic carbocycles. The lowest BCUT2D eigenvalue weighted by Crippen LogP contribution is -2.51. The average molecular weight is 594 g/mol. The Balaban J connectivity index is 1.43. The van der Waals surface area contributed by atoms with E-state index in [0.29, 0.717) is 47.1 Å². The van der Waals surface area contributed by atoms with Crippen LogP contribution in [0.25, 0.3) is 11.8 Å². The zero-order chi connectivity index (χ0) is 28.9. The Hall–Kier alpha value is -3.54. The molecule has 3 atom stereocenters. The van der Waals surface area contributed by atoms with Crippen molar-refractivity contribution in [2.45, 2.75) is 56.6 Å². The predicted octanol–water partition coefficient (Wildman–Crippen LogP) is 4.98. The number of hydrogen-bond acceptors (Lipinski definition) is 6. The molecule has 1 saturated carbocycles. The third kappa shape index (κ3) is 4.96. The molecule has 1 fully saturated rings. The first-order valence-corrected chi connectivity index (χ1v) is 14.9. The zero-order valence-electron chi connectivity index (χ0n) is 22.9. The van der Waals surface area contributed by atoms with Crippen molar-refractivity contribution in [3.8, 4) is 5.69 Å². The first-order chi connectivity index (χ1) is 19.7. The fraction of sp³-hybridized carbons (Fsp3) is 0.345. The maximum Gasteiger partial charge on any atom is 0.212 e. The first-order valence-electron chi connectivity index (χ1n) is 13.4. The molecule has 2 aliphatic carbocycles. The molecule has 0 saturated heterocycles. The predicted molar refractivity (Wildman–Crippen MR) is 153 cm³/mol. The van der Waals surface area contributed by atoms with Gasteiger partial charge in [0.05, 0.1) is 29.2 Å². The number of allylic oxidation sites excluding steroid dienone is 1. The third-order valence-electron chi connectivity index (χ3n) is 7.91. The molecule has 212 valence electrons. The second-order valence-electron chi connectivity index (χ2n) is 10.8. The van der Waals surface area contributed by atoms with Crippen LogP contribution in [0.4, 0.5) is 4.39 Å². The molecule has 4 heterocycles. The summed E-state index contributed by atoms with van der Waals surface area (Å²) < 4.78 is 32.7. The lowest BCUT2D eigenvalue weighted by atomic mass is 9.60. The van der Waals surface area contributed by atoms with Crippen LogP contribution in [0.2, 0.25) is 5.02 Å². The fourth-order valence-corrected chi connectivity index (χ4v) is 7.70. The van der Waals surface area contributed by atoms with Crippen LogP contribution in [0.5, 0.6) is 0 Å². The molecule has 0 bridgehead atoms. The molecule has 4 aromatic rings. The topological polar surface area (TPSA) is 98.8 Å². The highest BCUT2D eigenvalue weighted by Crippen LogP contribution is 2.51. The quantitative estimate of drug-likeness (QED) is 0.221. The van der Waals surface area contributed by atoms with Crippen LogP contribution < -0.4 is 0 Å². The Bertz CT molecular complexity index is 1680. The minimum absolute atomic E-state index is 0.0577. The number of pyridine rings is 2. The molecule has 2 aliphatic rings. The van der Waals surface area contributed by atoms with Gasteiger partial charge in [0.1, 0.15) is 16.7 Å². The van der Waals surface area contributed by atoms with Crippen LogP contribution in [0.15, 0.2) is 65.7 Å². The number of rotatable bonds is 7. The summed E-state index contributed by atoms with van der Waals surface area (Å²) in [5.41, 5.74) is 2.69. The molecule has 3 unspecified atom stereocenters. The lowest BCUT2D eigenvalue weighted by Gasteiger charge is -2.47. The molecule has 0 amide bonds. The Morgan fingerprint density at radius 1 is 1.22 bits per heavy atom. The van der Waals surface area contributed by atoms with Crippen LogP contribution in [-0.2, 0) is 24.5 Å². The largest absolute Gasteiger partial charge is 0.291 e. The number of carbonyl (C=O) groups is 1. The minimum Gasteiger partial charge on any atom is -0.291 e. The number of ketones is 1. The SMILES string of the molecule is CC(C)N(C1CCC2=Cc3c(cnn3-c3ccc(F)nc3)CC2(C(=O)c2cc(Cl)ccn2)C1)S(=O)c1ccn(C)n1. The van der Waals surface area contributed by atoms with Crippen LogP contribution in [0, 0.1) is 11.4 Å². The molecule has 12 heteroatoms. The van der Waals surface area contributed by atoms with Gasteiger partial charge in [-0.05, 0) is 81.5 Å². The molecule has 4 aromatic heterocycles. The number of Topliss-reactive ketones (excluding diaryl/α,β-unsaturated/α-hetero) is 1. The van der Waals surface area contributed by atoms with Crippen molar-refractivity contribution < 1.29 is 13.4 Å². The lowest BCUT2D eigenvalue weighted by molar-refractivity contribution is 0.0726. The van der Waals surface area contributed by atoms with Crippen LogP contribution in [0.1, 0.15) is 54.9 Å². The van der Waals surface area contributed by atoms with Crippen molar-refractivity contribution in [2.24, 2.45) is 12.5 Å². The summed E-state index contributed by atoms with van der Waals surface area (Å²) in [6.45, 7) is 4.03. The summed E-state index contributed by atoms with van der Waals surface area (Å²) in [4.78, 5) is 22.6. The molecule has 9 nitrogen and oxygen atoms in total. The Morgan fingerprint density at radius 2 is 2.05 bits per heavy atom. The molecule has 6 rings (SSSR count). The van der Waals surface area contributed by atoms with E-state index in [4.69, 9.17) is 11.6 Å². The third-order valence-corrected chi connectivity index (χ3v) is 9.82. The molecule has 0 N–H and O–H groups in total. The van der Waals surface area contributed by atoms with Crippen LogP contribution in [0.3, 0.4) is 0 Å². The van der Waals surface area contributed by atoms with Crippen molar-refractivity contribution in [3.63, 3.8) is 0 Å². The monoisotopic (exact) mass is 593 g/mol. The van der Waals surface area contributed by atoms with Gasteiger partial charge >= 0.3 is 0 Å². The van der Waals surface area contributed by atoms with Gasteiger partial charge in [0.15, 0.2) is 10.8 Å². The minimum atomic E-state index is -1.51. The Kier molecular flexibility index (Phi) is 7.21. The second-order valence-corrected chi connectivity index (χ2v) is 12.6. The van der Waals surface area contributed by atoms with Gasteiger partial charge in [0.25, 0.3) is 0 Å². The Labute approximate surface area is 244 Å². The molecule has 0 radical (unpaired) electrons. The van der Waals surface area contributed by atoms with Gasteiger partial charge in [0, 0.05) is 36.5 Å². The smallest absolute Gasteiger partial charge is 0.212 e. The van der Waals surface area contributed by atoms with Gasteiger partial charge in [-0.15, -0.1) is 0 Å². The molecule has 0 aliphatic heterocycles. The van der Waals surface area contributed by atoms with Crippen molar-refractivity contribution in [2.75, 3.05) is 0 Å². The highest BCUT2D eigenvalue weighted by atomic mass is 35.5. The van der Waals surface area contributed by atoms with E-state index >= 15 is 0 Å². The number of aromatic nitrogens is 6. The van der Waals surface area contributed by atoms with Gasteiger partial charge in [-0.3, -0.25) is 14.5 Å². The molecule has 0 spiro atoms. The van der Waals surface area contributed by atoms with Crippen molar-refractivity contribution in [1.82, 2.24) is 33.8 Å². The van der Waals surface area contributed by atoms with E-state index < -0.39 is 22.3 Å². The van der Waals surface area contributed by atoms with E-state index in [9.17, 15) is 13.4 Å². The summed E-state index contributed by atoms with van der Waals surface area (Å²) >= 11 is 6.29. The summed E-state index contributed by atoms with van der Waals surface area (Å²) in [6, 6.07) is 7.73. The van der Waals surface area contributed by atoms with E-state index in [1.165, 1.54) is 12.3 Å². The highest BCUT2D eigenvalue weighted by Gasteiger charge is 2.51. The van der Waals surface area contributed by atoms with Crippen LogP contribution >= 0.6 is 11.6 Å². The van der Waals surface area contributed by atoms with Crippen molar-refractivity contribution in [3.05, 3.63) is 88.6 Å². The summed E-state index contributed by atoms with van der Waals surface area (Å²) in [7, 11) is 0.289. The standard InChI is InChI=1S/C29H29ClFN7O2S/c1-18(2)38(41(40)27-9-11-36(3)35-27)22-5-4-20-12-25-19(16-34-37(25)23-6-7-26(31)33-17-23)14-29(20,15-22)28(39)24-13-21(30)8-10-32-24/h6-13,16-18,22H,4-5,14-15H2,1-3H3. The van der Waals surface area contributed by atoms with E-state index in [1.807, 2.05) is 24.2 Å². The van der Waals surface area contributed by atoms with Gasteiger partial charge in [-0.1, -0.05) is 17.2 Å². The number of carbonyl (C=O) groups excluding carboxylic acids is 1. The van der Waals surface area contributed by atoms with E-state index in [-0.39, 0.29) is 17.9 Å². The Morgan fingerprint density at radius 3 is 2.73 bits per heavy atom. The number of halogens is 2. The average Bonchev–Trinajstić information content (AvgIpc) is 3.57. The van der Waals surface area contributed by atoms with Gasteiger partial charge in [0.2, 0.25) is 5.95 Å². The fourth-order valence-electron chi connectivity index (χ4n) is 6.12. The maximum absolute atomic E-state index is 14.5. The highest BCUT2D eigenvalue weighted by molar-refractivity contribution is 7.82. The summed E-state index contributed by atoms with van der Waals surface area (Å²) in [6.07, 6.45) is 10.7. The number of hydrogen-bond donors (Lipinski definition) is 0. The zero-order valence-corrected chi connectivity index (χ0v) is 24.4. The normalized spacial score (nSPS) is 21.0. The number of nitrogens with zero attached hydrogens (tertiary/aromatic N) is 7. The van der Waals surface area contributed by atoms with Crippen molar-refractivity contribution >= 4 is 34.4 Å². The molecule has 41 heavy (non-hydrogen) atoms. The van der Waals surface area contributed by atoms with Crippen molar-refractivity contribution in [1.29, 1.82) is 0 Å². The number of fused-ring (bicyclic) bond motifs is 2. The maximum atomic E-state index is 14.5. The van der Waals surface area contributed by atoms with E-state index in [1.54, 1.807) is 59.3 Å². The summed E-state index contributed by atoms with van der Waals surface area (Å²) in [5, 5.41) is 9.90. The van der Waals surface area contributed by atoms with Gasteiger partial charge < -0.3 is 0 Å². The van der Waals surface area contributed by atoms with E-state index in [2.05, 4.69) is 20.2 Å².